The van der Waals surface area contributed by atoms with Crippen LogP contribution in [0.25, 0.3) is 0 Å². The number of rotatable bonds is 2. The minimum Gasteiger partial charge on any atom is -0.504 e. The number of hydrogen-bond acceptors (Lipinski definition) is 2. The molecule has 0 heterocycles. The van der Waals surface area contributed by atoms with E-state index in [4.69, 9.17) is 4.74 Å². The van der Waals surface area contributed by atoms with Crippen LogP contribution in [0, 0.1) is 11.8 Å². The Labute approximate surface area is 107 Å². The predicted octanol–water partition coefficient (Wildman–Crippen LogP) is 3.00. The molecule has 0 unspecified atom stereocenters. The van der Waals surface area contributed by atoms with Crippen LogP contribution in [0.3, 0.4) is 0 Å². The molecule has 0 spiro atoms. The zero-order valence-corrected chi connectivity index (χ0v) is 10.2. The van der Waals surface area contributed by atoms with Gasteiger partial charge in [-0.25, -0.2) is 0 Å². The van der Waals surface area contributed by atoms with Gasteiger partial charge in [-0.2, -0.15) is 0 Å². The summed E-state index contributed by atoms with van der Waals surface area (Å²) in [6.07, 6.45) is 0.498. The van der Waals surface area contributed by atoms with Crippen LogP contribution in [0.15, 0.2) is 48.5 Å². The summed E-state index contributed by atoms with van der Waals surface area (Å²) < 4.78 is 5.05. The van der Waals surface area contributed by atoms with Crippen molar-refractivity contribution in [3.63, 3.8) is 0 Å². The molecule has 2 aromatic rings. The Hall–Kier alpha value is -2.40. The van der Waals surface area contributed by atoms with Gasteiger partial charge in [-0.15, -0.1) is 0 Å². The number of methoxy groups -OCH3 is 1. The van der Waals surface area contributed by atoms with E-state index in [9.17, 15) is 5.11 Å². The maximum absolute atomic E-state index is 9.89. The first-order valence-electron chi connectivity index (χ1n) is 5.70. The van der Waals surface area contributed by atoms with Crippen molar-refractivity contribution < 1.29 is 9.84 Å². The fourth-order valence-corrected chi connectivity index (χ4v) is 1.64. The van der Waals surface area contributed by atoms with Crippen molar-refractivity contribution in [3.8, 4) is 23.3 Å². The summed E-state index contributed by atoms with van der Waals surface area (Å²) in [5, 5.41) is 9.89. The zero-order chi connectivity index (χ0) is 12.8. The molecule has 2 nitrogen and oxygen atoms in total. The second-order valence-electron chi connectivity index (χ2n) is 3.81. The van der Waals surface area contributed by atoms with Gasteiger partial charge in [0, 0.05) is 17.5 Å². The van der Waals surface area contributed by atoms with Crippen LogP contribution in [0.4, 0.5) is 0 Å². The molecule has 2 rings (SSSR count). The van der Waals surface area contributed by atoms with Gasteiger partial charge < -0.3 is 9.84 Å². The van der Waals surface area contributed by atoms with E-state index in [-0.39, 0.29) is 5.75 Å². The number of para-hydroxylation sites is 1. The van der Waals surface area contributed by atoms with Gasteiger partial charge in [0.2, 0.25) is 0 Å². The zero-order valence-electron chi connectivity index (χ0n) is 10.2. The average Bonchev–Trinajstić information content (AvgIpc) is 2.42. The van der Waals surface area contributed by atoms with Crippen molar-refractivity contribution in [3.05, 3.63) is 59.7 Å². The molecule has 0 fully saturated rings. The van der Waals surface area contributed by atoms with E-state index < -0.39 is 0 Å². The minimum atomic E-state index is 0.169. The summed E-state index contributed by atoms with van der Waals surface area (Å²) >= 11 is 0. The van der Waals surface area contributed by atoms with E-state index in [0.29, 0.717) is 12.2 Å². The molecule has 1 N–H and O–H groups in total. The number of phenols is 1. The summed E-state index contributed by atoms with van der Waals surface area (Å²) in [5.41, 5.74) is 1.75. The van der Waals surface area contributed by atoms with Crippen molar-refractivity contribution in [1.29, 1.82) is 0 Å². The van der Waals surface area contributed by atoms with Crippen LogP contribution in [0.1, 0.15) is 11.1 Å². The number of phenolic OH excluding ortho intramolecular Hbond substituents is 1. The molecule has 2 heteroatoms. The fourth-order valence-electron chi connectivity index (χ4n) is 1.64. The van der Waals surface area contributed by atoms with Gasteiger partial charge in [-0.05, 0) is 18.2 Å². The van der Waals surface area contributed by atoms with Crippen LogP contribution in [0.2, 0.25) is 0 Å². The molecule has 0 bridgehead atoms. The monoisotopic (exact) mass is 238 g/mol. The molecular formula is C16H14O2. The Morgan fingerprint density at radius 3 is 2.56 bits per heavy atom. The van der Waals surface area contributed by atoms with E-state index in [1.807, 2.05) is 42.5 Å². The van der Waals surface area contributed by atoms with E-state index >= 15 is 0 Å². The molecule has 0 amide bonds. The molecule has 0 aliphatic carbocycles. The van der Waals surface area contributed by atoms with Gasteiger partial charge in [-0.3, -0.25) is 0 Å². The van der Waals surface area contributed by atoms with Crippen molar-refractivity contribution in [2.24, 2.45) is 0 Å². The van der Waals surface area contributed by atoms with E-state index in [0.717, 1.165) is 11.1 Å². The maximum atomic E-state index is 9.89. The van der Waals surface area contributed by atoms with Gasteiger partial charge in [0.1, 0.15) is 0 Å². The first kappa shape index (κ1) is 12.1. The highest BCUT2D eigenvalue weighted by Gasteiger charge is 2.05. The van der Waals surface area contributed by atoms with Gasteiger partial charge in [0.05, 0.1) is 7.11 Å². The van der Waals surface area contributed by atoms with Gasteiger partial charge >= 0.3 is 0 Å². The van der Waals surface area contributed by atoms with Crippen molar-refractivity contribution in [2.45, 2.75) is 6.42 Å². The molecule has 0 radical (unpaired) electrons. The lowest BCUT2D eigenvalue weighted by Gasteiger charge is -2.05. The van der Waals surface area contributed by atoms with Crippen LogP contribution in [-0.2, 0) is 6.42 Å². The Morgan fingerprint density at radius 2 is 1.83 bits per heavy atom. The highest BCUT2D eigenvalue weighted by molar-refractivity contribution is 5.47. The molecule has 0 aliphatic heterocycles. The molecule has 18 heavy (non-hydrogen) atoms. The second kappa shape index (κ2) is 5.79. The van der Waals surface area contributed by atoms with Crippen molar-refractivity contribution >= 4 is 0 Å². The Morgan fingerprint density at radius 1 is 1.06 bits per heavy atom. The van der Waals surface area contributed by atoms with Crippen LogP contribution >= 0.6 is 0 Å². The summed E-state index contributed by atoms with van der Waals surface area (Å²) in [4.78, 5) is 0. The lowest BCUT2D eigenvalue weighted by molar-refractivity contribution is 0.371. The molecular weight excluding hydrogens is 224 g/mol. The SMILES string of the molecule is COc1cccc(CC#Cc2ccccc2)c1O. The smallest absolute Gasteiger partial charge is 0.161 e. The third-order valence-electron chi connectivity index (χ3n) is 2.59. The Bertz CT molecular complexity index is 577. The lowest BCUT2D eigenvalue weighted by atomic mass is 10.1. The van der Waals surface area contributed by atoms with Gasteiger partial charge in [-0.1, -0.05) is 42.2 Å². The molecule has 0 saturated carbocycles. The van der Waals surface area contributed by atoms with Crippen LogP contribution in [0.5, 0.6) is 11.5 Å². The highest BCUT2D eigenvalue weighted by Crippen LogP contribution is 2.29. The van der Waals surface area contributed by atoms with E-state index in [2.05, 4.69) is 11.8 Å². The largest absolute Gasteiger partial charge is 0.504 e. The quantitative estimate of drug-likeness (QED) is 0.815. The maximum Gasteiger partial charge on any atom is 0.161 e. The molecule has 0 aromatic heterocycles. The second-order valence-corrected chi connectivity index (χ2v) is 3.81. The number of ether oxygens (including phenoxy) is 1. The third kappa shape index (κ3) is 2.83. The normalized spacial score (nSPS) is 9.39. The number of aromatic hydroxyl groups is 1. The number of hydrogen-bond donors (Lipinski definition) is 1. The highest BCUT2D eigenvalue weighted by atomic mass is 16.5. The predicted molar refractivity (Wildman–Crippen MR) is 71.7 cm³/mol. The van der Waals surface area contributed by atoms with Crippen molar-refractivity contribution in [1.82, 2.24) is 0 Å². The van der Waals surface area contributed by atoms with Gasteiger partial charge in [0.15, 0.2) is 11.5 Å². The van der Waals surface area contributed by atoms with Crippen LogP contribution in [-0.4, -0.2) is 12.2 Å². The lowest BCUT2D eigenvalue weighted by Crippen LogP contribution is -1.88. The summed E-state index contributed by atoms with van der Waals surface area (Å²) in [7, 11) is 1.54. The van der Waals surface area contributed by atoms with E-state index in [1.165, 1.54) is 7.11 Å². The standard InChI is InChI=1S/C16H14O2/c1-18-15-12-6-11-14(16(15)17)10-5-9-13-7-3-2-4-8-13/h2-4,6-8,11-12,17H,10H2,1H3. The summed E-state index contributed by atoms with van der Waals surface area (Å²) in [6.45, 7) is 0. The topological polar surface area (TPSA) is 29.5 Å². The molecule has 0 aliphatic rings. The van der Waals surface area contributed by atoms with Crippen molar-refractivity contribution in [2.75, 3.05) is 7.11 Å². The summed E-state index contributed by atoms with van der Waals surface area (Å²) in [5.74, 6) is 6.75. The third-order valence-corrected chi connectivity index (χ3v) is 2.59. The first-order chi connectivity index (χ1) is 8.81. The Kier molecular flexibility index (Phi) is 3.88. The fraction of sp³-hybridized carbons (Fsp3) is 0.125. The molecule has 2 aromatic carbocycles. The average molecular weight is 238 g/mol. The summed E-state index contributed by atoms with van der Waals surface area (Å²) in [6, 6.07) is 15.2. The molecule has 0 atom stereocenters. The van der Waals surface area contributed by atoms with Crippen LogP contribution < -0.4 is 4.74 Å². The minimum absolute atomic E-state index is 0.169. The van der Waals surface area contributed by atoms with E-state index in [1.54, 1.807) is 6.07 Å². The van der Waals surface area contributed by atoms with Gasteiger partial charge in [0.25, 0.3) is 0 Å². The Balaban J connectivity index is 2.14. The molecule has 90 valence electrons. The first-order valence-corrected chi connectivity index (χ1v) is 5.70. The number of benzene rings is 2. The molecule has 0 saturated heterocycles.